The Hall–Kier alpha value is -5.34. The van der Waals surface area contributed by atoms with Crippen LogP contribution >= 0.6 is 45.3 Å². The van der Waals surface area contributed by atoms with Crippen LogP contribution in [0.2, 0.25) is 0 Å². The summed E-state index contributed by atoms with van der Waals surface area (Å²) in [7, 11) is 0. The lowest BCUT2D eigenvalue weighted by molar-refractivity contribution is -0.125. The summed E-state index contributed by atoms with van der Waals surface area (Å²) in [6.45, 7) is 7.74. The number of thiophene rings is 4. The first-order chi connectivity index (χ1) is 23.1. The van der Waals surface area contributed by atoms with Gasteiger partial charge in [-0.1, -0.05) is 0 Å². The number of rotatable bonds is 6. The van der Waals surface area contributed by atoms with Crippen LogP contribution in [0.1, 0.15) is 47.2 Å². The van der Waals surface area contributed by atoms with Crippen molar-refractivity contribution in [2.24, 2.45) is 0 Å². The lowest BCUT2D eigenvalue weighted by Crippen LogP contribution is -2.35. The van der Waals surface area contributed by atoms with Gasteiger partial charge in [-0.25, -0.2) is 0 Å². The molecule has 0 aliphatic carbocycles. The average Bonchev–Trinajstić information content (AvgIpc) is 3.90. The van der Waals surface area contributed by atoms with Crippen LogP contribution in [0, 0.1) is 45.3 Å². The average molecular weight is 701 g/mol. The van der Waals surface area contributed by atoms with Crippen molar-refractivity contribution in [2.75, 3.05) is 0 Å². The third-order valence-electron chi connectivity index (χ3n) is 7.59. The number of fused-ring (bicyclic) bond motifs is 1. The van der Waals surface area contributed by atoms with Gasteiger partial charge in [0.05, 0.1) is 41.4 Å². The standard InChI is InChI=1S/C36H24N6O2S4/c1-19(2)41-33(29-11-7-25(47-29)13-23-5-9-27(45-23)21(15-37)16-38)31-32(35(41)43)34(42(20(3)4)36(31)44)30-12-8-26(48-30)14-24-6-10-28(46-24)22(17-39)18-40/h5-14,19-20H,1-4H3/b23-13+,24-14+. The SMILES string of the molecule is CC(C)N1C(=O)C2=C(c3ccc(/C=c4\ccc(=C(C#N)C#N)s4)s3)N(C(C)C)C(=O)C2=C1c1ccc(/C=c2\ccc(=C(C#N)C#N)s2)s1. The molecule has 8 nitrogen and oxygen atoms in total. The molecule has 0 saturated heterocycles. The van der Waals surface area contributed by atoms with Crippen LogP contribution in [0.15, 0.2) is 59.7 Å². The summed E-state index contributed by atoms with van der Waals surface area (Å²) in [4.78, 5) is 35.4. The second kappa shape index (κ2) is 13.0. The van der Waals surface area contributed by atoms with E-state index in [1.165, 1.54) is 45.3 Å². The molecule has 0 unspecified atom stereocenters. The molecule has 12 heteroatoms. The molecule has 2 aliphatic heterocycles. The van der Waals surface area contributed by atoms with E-state index in [4.69, 9.17) is 0 Å². The Kier molecular flexibility index (Phi) is 8.86. The van der Waals surface area contributed by atoms with Crippen molar-refractivity contribution in [2.45, 2.75) is 39.8 Å². The van der Waals surface area contributed by atoms with Crippen molar-refractivity contribution in [3.05, 3.63) is 97.3 Å². The monoisotopic (exact) mass is 700 g/mol. The molecule has 0 bridgehead atoms. The van der Waals surface area contributed by atoms with Gasteiger partial charge in [-0.05, 0) is 88.4 Å². The first kappa shape index (κ1) is 32.6. The smallest absolute Gasteiger partial charge is 0.261 e. The Bertz CT molecular complexity index is 2320. The van der Waals surface area contributed by atoms with E-state index in [0.717, 1.165) is 28.6 Å². The number of nitrogens with zero attached hydrogens (tertiary/aromatic N) is 6. The summed E-state index contributed by atoms with van der Waals surface area (Å²) in [5.74, 6) is -0.422. The second-order valence-electron chi connectivity index (χ2n) is 11.3. The van der Waals surface area contributed by atoms with Crippen molar-refractivity contribution in [1.82, 2.24) is 9.80 Å². The Morgan fingerprint density at radius 1 is 0.583 bits per heavy atom. The molecule has 2 aliphatic rings. The number of hydrogen-bond donors (Lipinski definition) is 0. The number of carbonyl (C=O) groups is 2. The highest BCUT2D eigenvalue weighted by Gasteiger charge is 2.50. The van der Waals surface area contributed by atoms with Gasteiger partial charge in [0.15, 0.2) is 0 Å². The van der Waals surface area contributed by atoms with Crippen LogP contribution in [0.4, 0.5) is 0 Å². The molecule has 48 heavy (non-hydrogen) atoms. The third kappa shape index (κ3) is 5.62. The summed E-state index contributed by atoms with van der Waals surface area (Å²) in [6.07, 6.45) is 3.93. The van der Waals surface area contributed by atoms with E-state index in [-0.39, 0.29) is 35.0 Å². The second-order valence-corrected chi connectivity index (χ2v) is 15.7. The highest BCUT2D eigenvalue weighted by Crippen LogP contribution is 2.49. The minimum absolute atomic E-state index is 0.0694. The van der Waals surface area contributed by atoms with Crippen LogP contribution in [-0.4, -0.2) is 33.7 Å². The van der Waals surface area contributed by atoms with Crippen molar-refractivity contribution < 1.29 is 9.59 Å². The van der Waals surface area contributed by atoms with Crippen LogP contribution in [-0.2, 0) is 9.59 Å². The van der Waals surface area contributed by atoms with Crippen molar-refractivity contribution in [1.29, 1.82) is 21.0 Å². The van der Waals surface area contributed by atoms with Gasteiger partial charge < -0.3 is 9.80 Å². The van der Waals surface area contributed by atoms with Crippen LogP contribution in [0.3, 0.4) is 0 Å². The van der Waals surface area contributed by atoms with E-state index < -0.39 is 0 Å². The Balaban J connectivity index is 1.48. The van der Waals surface area contributed by atoms with Crippen molar-refractivity contribution in [3.63, 3.8) is 0 Å². The minimum atomic E-state index is -0.211. The van der Waals surface area contributed by atoms with Gasteiger partial charge in [0.2, 0.25) is 0 Å². The molecule has 0 aromatic carbocycles. The molecule has 4 aromatic rings. The fourth-order valence-corrected chi connectivity index (χ4v) is 9.58. The molecule has 4 aromatic heterocycles. The predicted octanol–water partition coefficient (Wildman–Crippen LogP) is 4.61. The fourth-order valence-electron chi connectivity index (χ4n) is 5.60. The first-order valence-electron chi connectivity index (χ1n) is 14.7. The minimum Gasteiger partial charge on any atom is -0.304 e. The summed E-state index contributed by atoms with van der Waals surface area (Å²) >= 11 is 5.65. The third-order valence-corrected chi connectivity index (χ3v) is 11.8. The van der Waals surface area contributed by atoms with Gasteiger partial charge in [-0.2, -0.15) is 21.0 Å². The van der Waals surface area contributed by atoms with Crippen molar-refractivity contribution in [3.8, 4) is 24.3 Å². The van der Waals surface area contributed by atoms with E-state index in [2.05, 4.69) is 0 Å². The highest BCUT2D eigenvalue weighted by molar-refractivity contribution is 7.15. The molecular formula is C36H24N6O2S4. The Morgan fingerprint density at radius 2 is 0.958 bits per heavy atom. The van der Waals surface area contributed by atoms with Gasteiger partial charge in [-0.3, -0.25) is 9.59 Å². The first-order valence-corrected chi connectivity index (χ1v) is 18.0. The normalized spacial score (nSPS) is 15.0. The summed E-state index contributed by atoms with van der Waals surface area (Å²) in [5.41, 5.74) is 2.16. The fraction of sp³-hybridized carbons (Fsp3) is 0.167. The largest absolute Gasteiger partial charge is 0.304 e. The number of amides is 2. The van der Waals surface area contributed by atoms with Gasteiger partial charge in [0.25, 0.3) is 11.8 Å². The molecule has 0 spiro atoms. The van der Waals surface area contributed by atoms with E-state index in [1.807, 2.05) is 101 Å². The Labute approximate surface area is 292 Å². The molecule has 2 amide bonds. The van der Waals surface area contributed by atoms with E-state index >= 15 is 0 Å². The zero-order chi connectivity index (χ0) is 34.3. The predicted molar refractivity (Wildman–Crippen MR) is 190 cm³/mol. The molecular weight excluding hydrogens is 677 g/mol. The molecule has 0 radical (unpaired) electrons. The lowest BCUT2D eigenvalue weighted by atomic mass is 10.1. The molecule has 0 N–H and O–H groups in total. The molecule has 0 saturated carbocycles. The number of carbonyl (C=O) groups excluding carboxylic acids is 2. The zero-order valence-electron chi connectivity index (χ0n) is 26.1. The summed E-state index contributed by atoms with van der Waals surface area (Å²) < 4.78 is 2.97. The molecule has 6 rings (SSSR count). The number of hydrogen-bond acceptors (Lipinski definition) is 10. The van der Waals surface area contributed by atoms with E-state index in [9.17, 15) is 30.6 Å². The van der Waals surface area contributed by atoms with E-state index in [1.54, 1.807) is 21.9 Å². The zero-order valence-corrected chi connectivity index (χ0v) is 29.3. The quantitative estimate of drug-likeness (QED) is 0.288. The van der Waals surface area contributed by atoms with Crippen LogP contribution < -0.4 is 18.1 Å². The molecule has 0 fully saturated rings. The maximum atomic E-state index is 14.3. The molecule has 6 heterocycles. The van der Waals surface area contributed by atoms with Gasteiger partial charge in [0, 0.05) is 30.9 Å². The topological polar surface area (TPSA) is 136 Å². The van der Waals surface area contributed by atoms with Crippen molar-refractivity contribution >= 4 is 91.9 Å². The van der Waals surface area contributed by atoms with Gasteiger partial charge >= 0.3 is 0 Å². The van der Waals surface area contributed by atoms with Crippen LogP contribution in [0.5, 0.6) is 0 Å². The van der Waals surface area contributed by atoms with Gasteiger partial charge in [0.1, 0.15) is 35.4 Å². The maximum absolute atomic E-state index is 14.3. The lowest BCUT2D eigenvalue weighted by Gasteiger charge is -2.28. The van der Waals surface area contributed by atoms with Gasteiger partial charge in [-0.15, -0.1) is 45.3 Å². The summed E-state index contributed by atoms with van der Waals surface area (Å²) in [5, 5.41) is 36.9. The molecule has 0 atom stereocenters. The number of nitriles is 4. The Morgan fingerprint density at radius 3 is 1.29 bits per heavy atom. The summed E-state index contributed by atoms with van der Waals surface area (Å²) in [6, 6.07) is 22.3. The maximum Gasteiger partial charge on any atom is 0.261 e. The van der Waals surface area contributed by atoms with Crippen LogP contribution in [0.25, 0.3) is 34.7 Å². The molecule has 234 valence electrons. The van der Waals surface area contributed by atoms with E-state index in [0.29, 0.717) is 31.6 Å². The highest BCUT2D eigenvalue weighted by atomic mass is 32.1.